The third-order valence-corrected chi connectivity index (χ3v) is 3.36. The van der Waals surface area contributed by atoms with Crippen molar-refractivity contribution in [3.05, 3.63) is 60.7 Å². The van der Waals surface area contributed by atoms with E-state index in [2.05, 4.69) is 5.32 Å². The van der Waals surface area contributed by atoms with Crippen molar-refractivity contribution in [2.45, 2.75) is 39.2 Å². The second-order valence-corrected chi connectivity index (χ2v) is 6.70. The Labute approximate surface area is 143 Å². The van der Waals surface area contributed by atoms with E-state index in [1.807, 2.05) is 81.4 Å². The van der Waals surface area contributed by atoms with Crippen LogP contribution in [0.15, 0.2) is 60.7 Å². The largest absolute Gasteiger partial charge is 0.351 e. The number of hydrogen-bond donors (Lipinski definition) is 1. The number of carbonyl (C=O) groups is 2. The number of anilines is 2. The number of para-hydroxylation sites is 2. The smallest absolute Gasteiger partial charge is 0.232 e. The lowest BCUT2D eigenvalue weighted by Gasteiger charge is -2.24. The maximum atomic E-state index is 12.8. The van der Waals surface area contributed by atoms with E-state index in [1.165, 1.54) is 0 Å². The van der Waals surface area contributed by atoms with E-state index in [-0.39, 0.29) is 30.2 Å². The van der Waals surface area contributed by atoms with Crippen LogP contribution in [-0.4, -0.2) is 17.4 Å². The molecule has 0 aromatic heterocycles. The van der Waals surface area contributed by atoms with Gasteiger partial charge in [0.1, 0.15) is 0 Å². The molecule has 0 radical (unpaired) electrons. The van der Waals surface area contributed by atoms with E-state index in [9.17, 15) is 9.59 Å². The summed E-state index contributed by atoms with van der Waals surface area (Å²) in [6.45, 7) is 5.77. The SMILES string of the molecule is CC(C)(C)NC(=O)CCC(=O)N(c1ccccc1)c1ccccc1. The predicted octanol–water partition coefficient (Wildman–Crippen LogP) is 4.05. The number of benzene rings is 2. The molecule has 2 aromatic rings. The highest BCUT2D eigenvalue weighted by molar-refractivity contribution is 6.01. The first-order chi connectivity index (χ1) is 11.4. The lowest BCUT2D eigenvalue weighted by molar-refractivity contribution is -0.125. The Morgan fingerprint density at radius 2 is 1.29 bits per heavy atom. The average Bonchev–Trinajstić information content (AvgIpc) is 2.54. The van der Waals surface area contributed by atoms with Gasteiger partial charge in [-0.3, -0.25) is 14.5 Å². The molecule has 0 spiro atoms. The molecule has 0 aliphatic heterocycles. The van der Waals surface area contributed by atoms with Gasteiger partial charge in [0.15, 0.2) is 0 Å². The maximum Gasteiger partial charge on any atom is 0.232 e. The highest BCUT2D eigenvalue weighted by Gasteiger charge is 2.20. The van der Waals surface area contributed by atoms with Gasteiger partial charge in [0.05, 0.1) is 0 Å². The van der Waals surface area contributed by atoms with Gasteiger partial charge >= 0.3 is 0 Å². The van der Waals surface area contributed by atoms with Crippen LogP contribution in [0.3, 0.4) is 0 Å². The first-order valence-electron chi connectivity index (χ1n) is 8.11. The van der Waals surface area contributed by atoms with Gasteiger partial charge < -0.3 is 5.32 Å². The molecule has 2 rings (SSSR count). The van der Waals surface area contributed by atoms with E-state index in [0.717, 1.165) is 11.4 Å². The molecule has 0 aliphatic rings. The Morgan fingerprint density at radius 3 is 1.71 bits per heavy atom. The number of hydrogen-bond acceptors (Lipinski definition) is 2. The van der Waals surface area contributed by atoms with Gasteiger partial charge in [-0.1, -0.05) is 36.4 Å². The van der Waals surface area contributed by atoms with Crippen LogP contribution >= 0.6 is 0 Å². The fourth-order valence-electron chi connectivity index (χ4n) is 2.40. The standard InChI is InChI=1S/C20H24N2O2/c1-20(2,3)21-18(23)14-15-19(24)22(16-10-6-4-7-11-16)17-12-8-5-9-13-17/h4-13H,14-15H2,1-3H3,(H,21,23). The van der Waals surface area contributed by atoms with Gasteiger partial charge in [-0.2, -0.15) is 0 Å². The highest BCUT2D eigenvalue weighted by atomic mass is 16.2. The first-order valence-corrected chi connectivity index (χ1v) is 8.11. The van der Waals surface area contributed by atoms with Crippen molar-refractivity contribution in [1.29, 1.82) is 0 Å². The van der Waals surface area contributed by atoms with E-state index >= 15 is 0 Å². The molecule has 0 fully saturated rings. The zero-order valence-electron chi connectivity index (χ0n) is 14.5. The van der Waals surface area contributed by atoms with Crippen LogP contribution < -0.4 is 10.2 Å². The Kier molecular flexibility index (Phi) is 5.74. The van der Waals surface area contributed by atoms with Crippen molar-refractivity contribution < 1.29 is 9.59 Å². The van der Waals surface area contributed by atoms with Crippen LogP contribution in [0, 0.1) is 0 Å². The Morgan fingerprint density at radius 1 is 0.833 bits per heavy atom. The molecular formula is C20H24N2O2. The van der Waals surface area contributed by atoms with Crippen LogP contribution in [0.1, 0.15) is 33.6 Å². The third-order valence-electron chi connectivity index (χ3n) is 3.36. The molecule has 0 saturated heterocycles. The number of carbonyl (C=O) groups excluding carboxylic acids is 2. The summed E-state index contributed by atoms with van der Waals surface area (Å²) in [5.74, 6) is -0.214. The summed E-state index contributed by atoms with van der Waals surface area (Å²) in [6, 6.07) is 19.0. The summed E-state index contributed by atoms with van der Waals surface area (Å²) in [5.41, 5.74) is 1.30. The second kappa shape index (κ2) is 7.77. The van der Waals surface area contributed by atoms with Crippen LogP contribution in [0.4, 0.5) is 11.4 Å². The molecule has 24 heavy (non-hydrogen) atoms. The molecule has 126 valence electrons. The van der Waals surface area contributed by atoms with Crippen molar-refractivity contribution in [3.63, 3.8) is 0 Å². The lowest BCUT2D eigenvalue weighted by Crippen LogP contribution is -2.41. The Hall–Kier alpha value is -2.62. The molecule has 0 bridgehead atoms. The minimum absolute atomic E-state index is 0.101. The first kappa shape index (κ1) is 17.7. The van der Waals surface area contributed by atoms with Gasteiger partial charge in [0.2, 0.25) is 11.8 Å². The van der Waals surface area contributed by atoms with Crippen molar-refractivity contribution in [2.24, 2.45) is 0 Å². The van der Waals surface area contributed by atoms with E-state index in [0.29, 0.717) is 0 Å². The minimum atomic E-state index is -0.293. The molecule has 4 heteroatoms. The molecule has 1 N–H and O–H groups in total. The molecule has 0 atom stereocenters. The normalized spacial score (nSPS) is 11.0. The fraction of sp³-hybridized carbons (Fsp3) is 0.300. The van der Waals surface area contributed by atoms with E-state index in [1.54, 1.807) is 4.90 Å². The van der Waals surface area contributed by atoms with Crippen molar-refractivity contribution in [3.8, 4) is 0 Å². The number of nitrogens with one attached hydrogen (secondary N) is 1. The molecule has 0 unspecified atom stereocenters. The Bertz CT molecular complexity index is 636. The monoisotopic (exact) mass is 324 g/mol. The van der Waals surface area contributed by atoms with E-state index < -0.39 is 0 Å². The zero-order chi connectivity index (χ0) is 17.6. The van der Waals surface area contributed by atoms with Gasteiger partial charge in [0, 0.05) is 29.8 Å². The second-order valence-electron chi connectivity index (χ2n) is 6.70. The summed E-state index contributed by atoms with van der Waals surface area (Å²) in [7, 11) is 0. The quantitative estimate of drug-likeness (QED) is 0.902. The minimum Gasteiger partial charge on any atom is -0.351 e. The predicted molar refractivity (Wildman–Crippen MR) is 97.2 cm³/mol. The number of nitrogens with zero attached hydrogens (tertiary/aromatic N) is 1. The molecule has 2 amide bonds. The van der Waals surface area contributed by atoms with Gasteiger partial charge in [-0.05, 0) is 45.0 Å². The number of amides is 2. The van der Waals surface area contributed by atoms with Crippen LogP contribution in [0.25, 0.3) is 0 Å². The summed E-state index contributed by atoms with van der Waals surface area (Å²) in [4.78, 5) is 26.4. The molecule has 4 nitrogen and oxygen atoms in total. The average molecular weight is 324 g/mol. The summed E-state index contributed by atoms with van der Waals surface area (Å²) in [6.07, 6.45) is 0.331. The lowest BCUT2D eigenvalue weighted by atomic mass is 10.1. The van der Waals surface area contributed by atoms with Gasteiger partial charge in [-0.15, -0.1) is 0 Å². The summed E-state index contributed by atoms with van der Waals surface area (Å²) < 4.78 is 0. The van der Waals surface area contributed by atoms with Crippen LogP contribution in [0.5, 0.6) is 0 Å². The van der Waals surface area contributed by atoms with Crippen molar-refractivity contribution in [1.82, 2.24) is 5.32 Å². The summed E-state index contributed by atoms with van der Waals surface area (Å²) in [5, 5.41) is 2.88. The number of rotatable bonds is 5. The van der Waals surface area contributed by atoms with Gasteiger partial charge in [0.25, 0.3) is 0 Å². The molecule has 2 aromatic carbocycles. The molecule has 0 aliphatic carbocycles. The third kappa shape index (κ3) is 5.23. The van der Waals surface area contributed by atoms with Crippen LogP contribution in [-0.2, 0) is 9.59 Å². The Balaban J connectivity index is 2.13. The highest BCUT2D eigenvalue weighted by Crippen LogP contribution is 2.26. The van der Waals surface area contributed by atoms with Crippen molar-refractivity contribution >= 4 is 23.2 Å². The molecular weight excluding hydrogens is 300 g/mol. The molecule has 0 saturated carbocycles. The summed E-state index contributed by atoms with van der Waals surface area (Å²) >= 11 is 0. The van der Waals surface area contributed by atoms with Crippen molar-refractivity contribution in [2.75, 3.05) is 4.90 Å². The van der Waals surface area contributed by atoms with E-state index in [4.69, 9.17) is 0 Å². The molecule has 0 heterocycles. The topological polar surface area (TPSA) is 49.4 Å². The van der Waals surface area contributed by atoms with Gasteiger partial charge in [-0.25, -0.2) is 0 Å². The maximum absolute atomic E-state index is 12.8. The zero-order valence-corrected chi connectivity index (χ0v) is 14.5. The van der Waals surface area contributed by atoms with Crippen LogP contribution in [0.2, 0.25) is 0 Å². The fourth-order valence-corrected chi connectivity index (χ4v) is 2.40.